The van der Waals surface area contributed by atoms with E-state index in [1.165, 1.54) is 6.07 Å². The first-order valence-corrected chi connectivity index (χ1v) is 12.4. The maximum atomic E-state index is 6.57. The van der Waals surface area contributed by atoms with Crippen LogP contribution in [0.15, 0.2) is 6.07 Å². The first kappa shape index (κ1) is 27.0. The predicted molar refractivity (Wildman–Crippen MR) is 142 cm³/mol. The molecule has 13 heteroatoms. The minimum absolute atomic E-state index is 0.00655. The molecule has 31 heavy (non-hydrogen) atoms. The molecule has 0 fully saturated rings. The number of hydrogen-bond donors (Lipinski definition) is 0. The van der Waals surface area contributed by atoms with Crippen LogP contribution in [0.4, 0.5) is 0 Å². The molecule has 0 N–H and O–H groups in total. The zero-order valence-electron chi connectivity index (χ0n) is 14.0. The van der Waals surface area contributed by atoms with Gasteiger partial charge in [0.25, 0.3) is 0 Å². The van der Waals surface area contributed by atoms with Gasteiger partial charge in [0.05, 0.1) is 65.3 Å². The molecule has 0 amide bonds. The fourth-order valence-electron chi connectivity index (χ4n) is 2.70. The summed E-state index contributed by atoms with van der Waals surface area (Å²) in [5.41, 5.74) is 0.579. The second kappa shape index (κ2) is 10.2. The molecule has 3 rings (SSSR count). The average Bonchev–Trinajstić information content (AvgIpc) is 2.74. The standard InChI is InChI=1S/C18HCl13/c19-3-1-2(7(20)13(26)8(3)21)4-5(10(23)15(28)14(27)9(4)22)6-11(24)16(29)18(31)17(30)12(6)25/h1H. The van der Waals surface area contributed by atoms with Gasteiger partial charge >= 0.3 is 0 Å². The minimum Gasteiger partial charge on any atom is -0.0826 e. The third kappa shape index (κ3) is 4.54. The van der Waals surface area contributed by atoms with Crippen LogP contribution in [-0.4, -0.2) is 0 Å². The third-order valence-electron chi connectivity index (χ3n) is 4.10. The van der Waals surface area contributed by atoms with Crippen LogP contribution < -0.4 is 0 Å². The van der Waals surface area contributed by atoms with Crippen molar-refractivity contribution in [3.05, 3.63) is 71.4 Å². The van der Waals surface area contributed by atoms with E-state index in [9.17, 15) is 0 Å². The molecule has 164 valence electrons. The van der Waals surface area contributed by atoms with Crippen LogP contribution in [0.5, 0.6) is 0 Å². The van der Waals surface area contributed by atoms with Gasteiger partial charge in [0, 0.05) is 22.3 Å². The number of rotatable bonds is 2. The molecule has 0 saturated heterocycles. The highest BCUT2D eigenvalue weighted by atomic mass is 35.5. The zero-order valence-corrected chi connectivity index (χ0v) is 23.8. The van der Waals surface area contributed by atoms with Gasteiger partial charge in [0.1, 0.15) is 0 Å². The summed E-state index contributed by atoms with van der Waals surface area (Å²) in [6.45, 7) is 0. The van der Waals surface area contributed by atoms with Crippen molar-refractivity contribution in [3.63, 3.8) is 0 Å². The molecule has 0 heterocycles. The maximum Gasteiger partial charge on any atom is 0.0809 e. The van der Waals surface area contributed by atoms with Crippen LogP contribution in [-0.2, 0) is 0 Å². The van der Waals surface area contributed by atoms with Crippen molar-refractivity contribution >= 4 is 151 Å². The number of benzene rings is 3. The van der Waals surface area contributed by atoms with Crippen molar-refractivity contribution in [2.24, 2.45) is 0 Å². The van der Waals surface area contributed by atoms with E-state index in [0.717, 1.165) is 0 Å². The lowest BCUT2D eigenvalue weighted by Gasteiger charge is -2.22. The van der Waals surface area contributed by atoms with E-state index in [4.69, 9.17) is 151 Å². The first-order valence-electron chi connectivity index (χ1n) is 7.53. The topological polar surface area (TPSA) is 0 Å². The van der Waals surface area contributed by atoms with E-state index < -0.39 is 0 Å². The fraction of sp³-hybridized carbons (Fsp3) is 0. The summed E-state index contributed by atoms with van der Waals surface area (Å²) in [7, 11) is 0. The van der Waals surface area contributed by atoms with Gasteiger partial charge in [-0.2, -0.15) is 0 Å². The summed E-state index contributed by atoms with van der Waals surface area (Å²) in [6, 6.07) is 1.42. The smallest absolute Gasteiger partial charge is 0.0809 e. The van der Waals surface area contributed by atoms with Crippen LogP contribution in [0, 0.1) is 0 Å². The molecule has 0 spiro atoms. The molecule has 0 nitrogen and oxygen atoms in total. The van der Waals surface area contributed by atoms with Gasteiger partial charge in [0.2, 0.25) is 0 Å². The van der Waals surface area contributed by atoms with Gasteiger partial charge in [-0.3, -0.25) is 0 Å². The molecular formula is C18HCl13. The lowest BCUT2D eigenvalue weighted by Crippen LogP contribution is -1.96. The summed E-state index contributed by atoms with van der Waals surface area (Å²) in [6.07, 6.45) is 0. The molecule has 0 aliphatic rings. The van der Waals surface area contributed by atoms with E-state index in [2.05, 4.69) is 0 Å². The molecule has 0 unspecified atom stereocenters. The van der Waals surface area contributed by atoms with Crippen molar-refractivity contribution < 1.29 is 0 Å². The Hall–Kier alpha value is 1.43. The van der Waals surface area contributed by atoms with Crippen molar-refractivity contribution in [1.29, 1.82) is 0 Å². The summed E-state index contributed by atoms with van der Waals surface area (Å²) in [5, 5.41) is -0.499. The molecule has 0 aliphatic carbocycles. The highest BCUT2D eigenvalue weighted by molar-refractivity contribution is 6.59. The lowest BCUT2D eigenvalue weighted by molar-refractivity contribution is 1.57. The molecule has 0 saturated carbocycles. The monoisotopic (exact) mass is 672 g/mol. The molecule has 0 aromatic heterocycles. The van der Waals surface area contributed by atoms with E-state index in [1.54, 1.807) is 0 Å². The predicted octanol–water partition coefficient (Wildman–Crippen LogP) is 13.5. The van der Waals surface area contributed by atoms with Crippen LogP contribution in [0.3, 0.4) is 0 Å². The molecule has 0 aliphatic heterocycles. The minimum atomic E-state index is -0.0799. The van der Waals surface area contributed by atoms with Gasteiger partial charge in [-0.25, -0.2) is 0 Å². The van der Waals surface area contributed by atoms with Crippen LogP contribution >= 0.6 is 151 Å². The van der Waals surface area contributed by atoms with Crippen molar-refractivity contribution in [2.75, 3.05) is 0 Å². The summed E-state index contributed by atoms with van der Waals surface area (Å²) in [4.78, 5) is 0. The highest BCUT2D eigenvalue weighted by Crippen LogP contribution is 2.58. The molecule has 0 bridgehead atoms. The SMILES string of the molecule is Clc1cc(-c2c(Cl)c(Cl)c(Cl)c(Cl)c2-c2c(Cl)c(Cl)c(Cl)c(Cl)c2Cl)c(Cl)c(Cl)c1Cl. The molecule has 3 aromatic carbocycles. The zero-order chi connectivity index (χ0) is 23.5. The Morgan fingerprint density at radius 2 is 0.613 bits per heavy atom. The Labute approximate surface area is 241 Å². The highest BCUT2D eigenvalue weighted by Gasteiger charge is 2.30. The van der Waals surface area contributed by atoms with E-state index >= 15 is 0 Å². The Balaban J connectivity index is 2.64. The Bertz CT molecular complexity index is 1230. The Kier molecular flexibility index (Phi) is 8.89. The Morgan fingerprint density at radius 1 is 0.290 bits per heavy atom. The Morgan fingerprint density at radius 3 is 1.06 bits per heavy atom. The second-order valence-electron chi connectivity index (χ2n) is 5.80. The average molecular weight is 678 g/mol. The molecule has 0 radical (unpaired) electrons. The summed E-state index contributed by atoms with van der Waals surface area (Å²) < 4.78 is 0. The molecule has 0 atom stereocenters. The first-order chi connectivity index (χ1) is 14.3. The van der Waals surface area contributed by atoms with Crippen LogP contribution in [0.1, 0.15) is 0 Å². The molecular weight excluding hydrogens is 677 g/mol. The molecule has 3 aromatic rings. The second-order valence-corrected chi connectivity index (χ2v) is 10.7. The van der Waals surface area contributed by atoms with Gasteiger partial charge in [-0.05, 0) is 6.07 Å². The lowest BCUT2D eigenvalue weighted by atomic mass is 9.93. The van der Waals surface area contributed by atoms with Crippen molar-refractivity contribution in [1.82, 2.24) is 0 Å². The van der Waals surface area contributed by atoms with Crippen molar-refractivity contribution in [3.8, 4) is 22.3 Å². The quantitative estimate of drug-likeness (QED) is 0.187. The summed E-state index contributed by atoms with van der Waals surface area (Å²) >= 11 is 82.3. The van der Waals surface area contributed by atoms with Gasteiger partial charge < -0.3 is 0 Å². The van der Waals surface area contributed by atoms with E-state index in [1.807, 2.05) is 0 Å². The van der Waals surface area contributed by atoms with E-state index in [0.29, 0.717) is 0 Å². The van der Waals surface area contributed by atoms with Gasteiger partial charge in [0.15, 0.2) is 0 Å². The summed E-state index contributed by atoms with van der Waals surface area (Å²) in [5.74, 6) is 0. The largest absolute Gasteiger partial charge is 0.0826 e. The normalized spacial score (nSPS) is 11.4. The number of hydrogen-bond acceptors (Lipinski definition) is 0. The third-order valence-corrected chi connectivity index (χ3v) is 9.93. The van der Waals surface area contributed by atoms with Gasteiger partial charge in [-0.1, -0.05) is 151 Å². The van der Waals surface area contributed by atoms with Crippen LogP contribution in [0.25, 0.3) is 22.3 Å². The maximum absolute atomic E-state index is 6.57. The number of halogens is 13. The van der Waals surface area contributed by atoms with Gasteiger partial charge in [-0.15, -0.1) is 0 Å². The van der Waals surface area contributed by atoms with Crippen molar-refractivity contribution in [2.45, 2.75) is 0 Å². The fourth-order valence-corrected chi connectivity index (χ4v) is 5.97. The van der Waals surface area contributed by atoms with E-state index in [-0.39, 0.29) is 87.5 Å². The van der Waals surface area contributed by atoms with Crippen LogP contribution in [0.2, 0.25) is 65.3 Å².